The van der Waals surface area contributed by atoms with Gasteiger partial charge in [0.1, 0.15) is 12.4 Å². The number of carbonyl (C=O) groups is 1. The van der Waals surface area contributed by atoms with Crippen LogP contribution in [-0.2, 0) is 16.2 Å². The van der Waals surface area contributed by atoms with Gasteiger partial charge in [0.2, 0.25) is 5.91 Å². The number of amides is 1. The van der Waals surface area contributed by atoms with Gasteiger partial charge in [0.05, 0.1) is 7.11 Å². The topological polar surface area (TPSA) is 47.6 Å². The Bertz CT molecular complexity index is 422. The van der Waals surface area contributed by atoms with Crippen LogP contribution in [0.1, 0.15) is 31.9 Å². The van der Waals surface area contributed by atoms with E-state index in [1.165, 1.54) is 0 Å². The lowest BCUT2D eigenvalue weighted by molar-refractivity contribution is -0.142. The summed E-state index contributed by atoms with van der Waals surface area (Å²) < 4.78 is 5.23. The lowest BCUT2D eigenvalue weighted by atomic mass is 9.96. The number of methoxy groups -OCH3 is 1. The molecule has 100 valence electrons. The molecule has 0 aliphatic carbocycles. The van der Waals surface area contributed by atoms with Gasteiger partial charge in [0, 0.05) is 11.0 Å². The highest BCUT2D eigenvalue weighted by Crippen LogP contribution is 2.20. The van der Waals surface area contributed by atoms with Crippen molar-refractivity contribution in [2.24, 2.45) is 5.41 Å². The van der Waals surface area contributed by atoms with Crippen molar-refractivity contribution in [3.63, 3.8) is 0 Å². The number of ether oxygens (including phenoxy) is 1. The normalized spacial score (nSPS) is 11.2. The molecule has 1 N–H and O–H groups in total. The van der Waals surface area contributed by atoms with Crippen LogP contribution in [0.15, 0.2) is 18.2 Å². The minimum atomic E-state index is -0.462. The molecule has 4 nitrogen and oxygen atoms in total. The minimum absolute atomic E-state index is 0.144. The van der Waals surface area contributed by atoms with Gasteiger partial charge in [0.15, 0.2) is 0 Å². The van der Waals surface area contributed by atoms with Crippen LogP contribution < -0.4 is 10.2 Å². The second-order valence-corrected chi connectivity index (χ2v) is 5.29. The first-order valence-corrected chi connectivity index (χ1v) is 5.90. The molecule has 0 radical (unpaired) electrons. The molecule has 0 atom stereocenters. The van der Waals surface area contributed by atoms with Crippen LogP contribution in [0.4, 0.5) is 0 Å². The van der Waals surface area contributed by atoms with Crippen LogP contribution in [0.3, 0.4) is 0 Å². The largest absolute Gasteiger partial charge is 0.496 e. The number of hydrogen-bond donors (Lipinski definition) is 1. The monoisotopic (exact) mass is 251 g/mol. The lowest BCUT2D eigenvalue weighted by Gasteiger charge is -2.17. The molecule has 1 aromatic carbocycles. The fraction of sp³-hybridized carbons (Fsp3) is 0.500. The van der Waals surface area contributed by atoms with Crippen molar-refractivity contribution in [3.05, 3.63) is 29.3 Å². The van der Waals surface area contributed by atoms with Gasteiger partial charge in [-0.25, -0.2) is 5.48 Å². The van der Waals surface area contributed by atoms with E-state index in [1.807, 2.05) is 45.9 Å². The van der Waals surface area contributed by atoms with Crippen molar-refractivity contribution in [1.82, 2.24) is 5.48 Å². The van der Waals surface area contributed by atoms with Crippen LogP contribution in [-0.4, -0.2) is 13.0 Å². The van der Waals surface area contributed by atoms with Crippen molar-refractivity contribution in [3.8, 4) is 5.75 Å². The second-order valence-electron chi connectivity index (χ2n) is 5.29. The smallest absolute Gasteiger partial charge is 0.248 e. The molecule has 1 rings (SSSR count). The Hall–Kier alpha value is -1.55. The number of benzene rings is 1. The first-order valence-electron chi connectivity index (χ1n) is 5.90. The molecule has 0 heterocycles. The molecule has 0 spiro atoms. The minimum Gasteiger partial charge on any atom is -0.496 e. The fourth-order valence-electron chi connectivity index (χ4n) is 1.35. The van der Waals surface area contributed by atoms with E-state index in [1.54, 1.807) is 7.11 Å². The Morgan fingerprint density at radius 2 is 2.00 bits per heavy atom. The van der Waals surface area contributed by atoms with E-state index >= 15 is 0 Å². The molecule has 0 aromatic heterocycles. The molecular weight excluding hydrogens is 230 g/mol. The number of hydrogen-bond acceptors (Lipinski definition) is 3. The molecule has 18 heavy (non-hydrogen) atoms. The Labute approximate surface area is 108 Å². The summed E-state index contributed by atoms with van der Waals surface area (Å²) >= 11 is 0. The summed E-state index contributed by atoms with van der Waals surface area (Å²) in [6.07, 6.45) is 0. The predicted molar refractivity (Wildman–Crippen MR) is 70.1 cm³/mol. The maximum Gasteiger partial charge on any atom is 0.248 e. The van der Waals surface area contributed by atoms with E-state index < -0.39 is 5.41 Å². The van der Waals surface area contributed by atoms with Gasteiger partial charge in [-0.05, 0) is 19.1 Å². The van der Waals surface area contributed by atoms with E-state index in [9.17, 15) is 4.79 Å². The van der Waals surface area contributed by atoms with E-state index in [-0.39, 0.29) is 12.5 Å². The summed E-state index contributed by atoms with van der Waals surface area (Å²) in [4.78, 5) is 16.8. The van der Waals surface area contributed by atoms with Gasteiger partial charge >= 0.3 is 0 Å². The molecule has 0 bridgehead atoms. The van der Waals surface area contributed by atoms with Crippen molar-refractivity contribution in [2.75, 3.05) is 7.11 Å². The van der Waals surface area contributed by atoms with Gasteiger partial charge in [0.25, 0.3) is 0 Å². The quantitative estimate of drug-likeness (QED) is 0.837. The molecule has 0 saturated carbocycles. The third-order valence-electron chi connectivity index (χ3n) is 2.51. The molecule has 4 heteroatoms. The number of hydroxylamine groups is 1. The van der Waals surface area contributed by atoms with Gasteiger partial charge in [-0.2, -0.15) is 0 Å². The van der Waals surface area contributed by atoms with Crippen molar-refractivity contribution in [2.45, 2.75) is 34.3 Å². The molecule has 1 aromatic rings. The molecule has 0 unspecified atom stereocenters. The van der Waals surface area contributed by atoms with Crippen molar-refractivity contribution >= 4 is 5.91 Å². The lowest BCUT2D eigenvalue weighted by Crippen LogP contribution is -2.34. The van der Waals surface area contributed by atoms with Gasteiger partial charge in [-0.1, -0.05) is 32.4 Å². The maximum absolute atomic E-state index is 11.6. The molecule has 1 amide bonds. The summed E-state index contributed by atoms with van der Waals surface area (Å²) in [7, 11) is 1.61. The Morgan fingerprint density at radius 1 is 1.33 bits per heavy atom. The highest BCUT2D eigenvalue weighted by atomic mass is 16.7. The van der Waals surface area contributed by atoms with Crippen molar-refractivity contribution in [1.29, 1.82) is 0 Å². The van der Waals surface area contributed by atoms with E-state index in [0.717, 1.165) is 16.9 Å². The summed E-state index contributed by atoms with van der Waals surface area (Å²) in [5, 5.41) is 0. The molecule has 0 fully saturated rings. The van der Waals surface area contributed by atoms with Crippen LogP contribution in [0.25, 0.3) is 0 Å². The standard InChI is InChI=1S/C14H21NO3/c1-10-6-7-12(17-5)11(8-10)9-18-15-13(16)14(2,3)4/h6-8H,9H2,1-5H3,(H,15,16). The summed E-state index contributed by atoms with van der Waals surface area (Å²) in [6, 6.07) is 5.83. The molecular formula is C14H21NO3. The van der Waals surface area contributed by atoms with Gasteiger partial charge < -0.3 is 4.74 Å². The number of rotatable bonds is 4. The second kappa shape index (κ2) is 5.87. The SMILES string of the molecule is COc1ccc(C)cc1CONC(=O)C(C)(C)C. The molecule has 0 aliphatic rings. The summed E-state index contributed by atoms with van der Waals surface area (Å²) in [5.41, 5.74) is 4.02. The van der Waals surface area contributed by atoms with E-state index in [0.29, 0.717) is 0 Å². The van der Waals surface area contributed by atoms with E-state index in [4.69, 9.17) is 9.57 Å². The number of nitrogens with one attached hydrogen (secondary N) is 1. The highest BCUT2D eigenvalue weighted by Gasteiger charge is 2.21. The van der Waals surface area contributed by atoms with Crippen LogP contribution in [0.5, 0.6) is 5.75 Å². The zero-order valence-electron chi connectivity index (χ0n) is 11.7. The number of aryl methyl sites for hydroxylation is 1. The van der Waals surface area contributed by atoms with Crippen LogP contribution >= 0.6 is 0 Å². The zero-order chi connectivity index (χ0) is 13.8. The third kappa shape index (κ3) is 4.04. The first kappa shape index (κ1) is 14.5. The number of carbonyl (C=O) groups excluding carboxylic acids is 1. The maximum atomic E-state index is 11.6. The molecule has 0 aliphatic heterocycles. The van der Waals surface area contributed by atoms with E-state index in [2.05, 4.69) is 5.48 Å². The Kier molecular flexibility index (Phi) is 4.73. The summed E-state index contributed by atoms with van der Waals surface area (Å²) in [6.45, 7) is 7.78. The summed E-state index contributed by atoms with van der Waals surface area (Å²) in [5.74, 6) is 0.611. The van der Waals surface area contributed by atoms with Crippen LogP contribution in [0, 0.1) is 12.3 Å². The first-order chi connectivity index (χ1) is 8.34. The average molecular weight is 251 g/mol. The van der Waals surface area contributed by atoms with Gasteiger partial charge in [-0.3, -0.25) is 9.63 Å². The fourth-order valence-corrected chi connectivity index (χ4v) is 1.35. The average Bonchev–Trinajstić information content (AvgIpc) is 2.28. The Morgan fingerprint density at radius 3 is 2.56 bits per heavy atom. The third-order valence-corrected chi connectivity index (χ3v) is 2.51. The zero-order valence-corrected chi connectivity index (χ0v) is 11.7. The Balaban J connectivity index is 2.59. The molecule has 0 saturated heterocycles. The van der Waals surface area contributed by atoms with Crippen LogP contribution in [0.2, 0.25) is 0 Å². The highest BCUT2D eigenvalue weighted by molar-refractivity contribution is 5.80. The van der Waals surface area contributed by atoms with Crippen molar-refractivity contribution < 1.29 is 14.4 Å². The predicted octanol–water partition coefficient (Wildman–Crippen LogP) is 2.60. The van der Waals surface area contributed by atoms with Gasteiger partial charge in [-0.15, -0.1) is 0 Å².